The third-order valence-corrected chi connectivity index (χ3v) is 3.02. The number of allylic oxidation sites excluding steroid dienone is 2. The van der Waals surface area contributed by atoms with Crippen LogP contribution in [0.2, 0.25) is 0 Å². The van der Waals surface area contributed by atoms with Gasteiger partial charge in [0.05, 0.1) is 5.56 Å². The number of carboxylic acids is 1. The van der Waals surface area contributed by atoms with Crippen LogP contribution in [0.4, 0.5) is 5.69 Å². The molecule has 4 heteroatoms. The first-order chi connectivity index (χ1) is 8.66. The largest absolute Gasteiger partial charge is 0.478 e. The highest BCUT2D eigenvalue weighted by Crippen LogP contribution is 2.20. The van der Waals surface area contributed by atoms with Gasteiger partial charge < -0.3 is 10.4 Å². The van der Waals surface area contributed by atoms with E-state index in [0.29, 0.717) is 5.69 Å². The molecule has 4 nitrogen and oxygen atoms in total. The number of nitrogens with one attached hydrogen (secondary N) is 1. The van der Waals surface area contributed by atoms with E-state index >= 15 is 0 Å². The van der Waals surface area contributed by atoms with E-state index in [2.05, 4.69) is 11.4 Å². The molecule has 0 aliphatic heterocycles. The number of amides is 1. The lowest BCUT2D eigenvalue weighted by atomic mass is 9.93. The Morgan fingerprint density at radius 3 is 2.78 bits per heavy atom. The van der Waals surface area contributed by atoms with Crippen LogP contribution in [0, 0.1) is 5.92 Å². The van der Waals surface area contributed by atoms with Crippen molar-refractivity contribution >= 4 is 17.6 Å². The maximum absolute atomic E-state index is 12.0. The molecule has 1 aliphatic rings. The minimum absolute atomic E-state index is 0.0107. The number of hydrogen-bond donors (Lipinski definition) is 2. The van der Waals surface area contributed by atoms with Crippen LogP contribution in [-0.4, -0.2) is 17.0 Å². The molecule has 0 saturated carbocycles. The molecule has 0 heterocycles. The van der Waals surface area contributed by atoms with Crippen molar-refractivity contribution in [2.75, 3.05) is 5.32 Å². The summed E-state index contributed by atoms with van der Waals surface area (Å²) in [6.07, 6.45) is 6.62. The lowest BCUT2D eigenvalue weighted by molar-refractivity contribution is -0.120. The van der Waals surface area contributed by atoms with Crippen LogP contribution < -0.4 is 5.32 Å². The predicted octanol–water partition coefficient (Wildman–Crippen LogP) is 2.68. The first-order valence-corrected chi connectivity index (χ1v) is 5.96. The molecule has 94 valence electrons. The molecular formula is C14H15NO3. The van der Waals surface area contributed by atoms with Crippen LogP contribution in [0.25, 0.3) is 0 Å². The summed E-state index contributed by atoms with van der Waals surface area (Å²) in [6, 6.07) is 6.29. The van der Waals surface area contributed by atoms with E-state index < -0.39 is 5.97 Å². The molecule has 0 saturated heterocycles. The Labute approximate surface area is 105 Å². The third kappa shape index (κ3) is 2.97. The summed E-state index contributed by atoms with van der Waals surface area (Å²) in [5, 5.41) is 11.6. The standard InChI is InChI=1S/C14H15NO3/c16-13(10-5-2-1-3-6-10)15-12-8-4-7-11(9-12)14(17)18/h1-2,4,7-10H,3,5-6H2,(H,15,16)(H,17,18). The van der Waals surface area contributed by atoms with Gasteiger partial charge in [0.15, 0.2) is 0 Å². The summed E-state index contributed by atoms with van der Waals surface area (Å²) in [6.45, 7) is 0. The van der Waals surface area contributed by atoms with Gasteiger partial charge in [0.25, 0.3) is 0 Å². The quantitative estimate of drug-likeness (QED) is 0.804. The highest BCUT2D eigenvalue weighted by atomic mass is 16.4. The average molecular weight is 245 g/mol. The van der Waals surface area contributed by atoms with Gasteiger partial charge in [0.2, 0.25) is 5.91 Å². The highest BCUT2D eigenvalue weighted by molar-refractivity contribution is 5.95. The van der Waals surface area contributed by atoms with Gasteiger partial charge in [-0.05, 0) is 37.5 Å². The van der Waals surface area contributed by atoms with Crippen molar-refractivity contribution in [2.45, 2.75) is 19.3 Å². The molecular weight excluding hydrogens is 230 g/mol. The topological polar surface area (TPSA) is 66.4 Å². The normalized spacial score (nSPS) is 18.3. The minimum Gasteiger partial charge on any atom is -0.478 e. The Kier molecular flexibility index (Phi) is 3.77. The SMILES string of the molecule is O=C(O)c1cccc(NC(=O)C2CC=CCC2)c1. The van der Waals surface area contributed by atoms with Gasteiger partial charge in [0.1, 0.15) is 0 Å². The van der Waals surface area contributed by atoms with Gasteiger partial charge in [-0.25, -0.2) is 4.79 Å². The van der Waals surface area contributed by atoms with Gasteiger partial charge in [-0.2, -0.15) is 0 Å². The number of carboxylic acid groups (broad SMARTS) is 1. The first-order valence-electron chi connectivity index (χ1n) is 5.96. The predicted molar refractivity (Wildman–Crippen MR) is 68.5 cm³/mol. The second-order valence-electron chi connectivity index (χ2n) is 4.36. The van der Waals surface area contributed by atoms with E-state index in [1.54, 1.807) is 12.1 Å². The second kappa shape index (κ2) is 5.49. The van der Waals surface area contributed by atoms with Crippen molar-refractivity contribution in [2.24, 2.45) is 5.92 Å². The van der Waals surface area contributed by atoms with Gasteiger partial charge in [-0.3, -0.25) is 4.79 Å². The van der Waals surface area contributed by atoms with Crippen LogP contribution in [-0.2, 0) is 4.79 Å². The number of hydrogen-bond acceptors (Lipinski definition) is 2. The van der Waals surface area contributed by atoms with Crippen molar-refractivity contribution in [3.05, 3.63) is 42.0 Å². The Balaban J connectivity index is 2.04. The van der Waals surface area contributed by atoms with E-state index in [1.165, 1.54) is 12.1 Å². The van der Waals surface area contributed by atoms with E-state index in [0.717, 1.165) is 19.3 Å². The number of benzene rings is 1. The molecule has 1 aliphatic carbocycles. The molecule has 1 atom stereocenters. The summed E-state index contributed by atoms with van der Waals surface area (Å²) in [5.74, 6) is -1.04. The number of aromatic carboxylic acids is 1. The zero-order valence-corrected chi connectivity index (χ0v) is 9.93. The molecule has 2 rings (SSSR count). The number of rotatable bonds is 3. The number of carbonyl (C=O) groups excluding carboxylic acids is 1. The zero-order chi connectivity index (χ0) is 13.0. The van der Waals surface area contributed by atoms with Crippen molar-refractivity contribution in [1.29, 1.82) is 0 Å². The summed E-state index contributed by atoms with van der Waals surface area (Å²) in [4.78, 5) is 22.8. The monoisotopic (exact) mass is 245 g/mol. The Morgan fingerprint density at radius 1 is 1.28 bits per heavy atom. The molecule has 0 fully saturated rings. The Bertz CT molecular complexity index is 494. The fourth-order valence-electron chi connectivity index (χ4n) is 2.01. The third-order valence-electron chi connectivity index (χ3n) is 3.02. The molecule has 1 aromatic carbocycles. The minimum atomic E-state index is -0.994. The van der Waals surface area contributed by atoms with E-state index in [1.807, 2.05) is 6.08 Å². The summed E-state index contributed by atoms with van der Waals surface area (Å²) in [7, 11) is 0. The van der Waals surface area contributed by atoms with Crippen molar-refractivity contribution in [3.63, 3.8) is 0 Å². The fourth-order valence-corrected chi connectivity index (χ4v) is 2.01. The summed E-state index contributed by atoms with van der Waals surface area (Å²) in [5.41, 5.74) is 0.714. The Morgan fingerprint density at radius 2 is 2.11 bits per heavy atom. The molecule has 1 aromatic rings. The average Bonchev–Trinajstić information content (AvgIpc) is 2.40. The van der Waals surface area contributed by atoms with Gasteiger partial charge in [0, 0.05) is 11.6 Å². The zero-order valence-electron chi connectivity index (χ0n) is 9.93. The highest BCUT2D eigenvalue weighted by Gasteiger charge is 2.18. The van der Waals surface area contributed by atoms with Crippen LogP contribution in [0.1, 0.15) is 29.6 Å². The first kappa shape index (κ1) is 12.4. The lowest BCUT2D eigenvalue weighted by Gasteiger charge is -2.17. The van der Waals surface area contributed by atoms with E-state index in [9.17, 15) is 9.59 Å². The molecule has 18 heavy (non-hydrogen) atoms. The second-order valence-corrected chi connectivity index (χ2v) is 4.36. The molecule has 0 bridgehead atoms. The molecule has 0 radical (unpaired) electrons. The summed E-state index contributed by atoms with van der Waals surface area (Å²) < 4.78 is 0. The van der Waals surface area contributed by atoms with Gasteiger partial charge in [-0.15, -0.1) is 0 Å². The van der Waals surface area contributed by atoms with Crippen molar-refractivity contribution in [3.8, 4) is 0 Å². The van der Waals surface area contributed by atoms with E-state index in [4.69, 9.17) is 5.11 Å². The van der Waals surface area contributed by atoms with Gasteiger partial charge >= 0.3 is 5.97 Å². The molecule has 1 amide bonds. The van der Waals surface area contributed by atoms with Crippen LogP contribution >= 0.6 is 0 Å². The van der Waals surface area contributed by atoms with Crippen LogP contribution in [0.5, 0.6) is 0 Å². The van der Waals surface area contributed by atoms with Crippen molar-refractivity contribution < 1.29 is 14.7 Å². The van der Waals surface area contributed by atoms with Crippen LogP contribution in [0.3, 0.4) is 0 Å². The smallest absolute Gasteiger partial charge is 0.335 e. The molecule has 1 unspecified atom stereocenters. The maximum Gasteiger partial charge on any atom is 0.335 e. The fraction of sp³-hybridized carbons (Fsp3) is 0.286. The molecule has 2 N–H and O–H groups in total. The van der Waals surface area contributed by atoms with E-state index in [-0.39, 0.29) is 17.4 Å². The maximum atomic E-state index is 12.0. The van der Waals surface area contributed by atoms with Crippen LogP contribution in [0.15, 0.2) is 36.4 Å². The Hall–Kier alpha value is -2.10. The molecule has 0 spiro atoms. The summed E-state index contributed by atoms with van der Waals surface area (Å²) >= 11 is 0. The van der Waals surface area contributed by atoms with Gasteiger partial charge in [-0.1, -0.05) is 18.2 Å². The number of carbonyl (C=O) groups is 2. The van der Waals surface area contributed by atoms with Crippen molar-refractivity contribution in [1.82, 2.24) is 0 Å². The number of anilines is 1. The lowest BCUT2D eigenvalue weighted by Crippen LogP contribution is -2.23. The molecule has 0 aromatic heterocycles.